The van der Waals surface area contributed by atoms with Gasteiger partial charge in [0.25, 0.3) is 0 Å². The van der Waals surface area contributed by atoms with E-state index in [9.17, 15) is 9.90 Å². The molecule has 25 heavy (non-hydrogen) atoms. The van der Waals surface area contributed by atoms with Crippen LogP contribution < -0.4 is 10.4 Å². The number of aromatic carboxylic acids is 1. The Morgan fingerprint density at radius 1 is 1.08 bits per heavy atom. The average molecular weight is 350 g/mol. The maximum absolute atomic E-state index is 11.0. The first-order chi connectivity index (χ1) is 12.1. The zero-order valence-corrected chi connectivity index (χ0v) is 14.4. The number of rotatable bonds is 6. The number of carboxylic acids is 1. The number of hydrogen-bond donors (Lipinski definition) is 1. The van der Waals surface area contributed by atoms with Gasteiger partial charge < -0.3 is 15.2 Å². The third kappa shape index (κ3) is 4.81. The Morgan fingerprint density at radius 2 is 1.88 bits per heavy atom. The highest BCUT2D eigenvalue weighted by Gasteiger charge is 2.05. The van der Waals surface area contributed by atoms with Crippen molar-refractivity contribution in [1.82, 2.24) is 9.97 Å². The molecular formula is C19H16N3O2S-. The number of thioether (sulfide) groups is 1. The quantitative estimate of drug-likeness (QED) is 0.543. The van der Waals surface area contributed by atoms with Crippen molar-refractivity contribution in [2.24, 2.45) is 0 Å². The van der Waals surface area contributed by atoms with Crippen molar-refractivity contribution in [3.63, 3.8) is 0 Å². The molecule has 0 aliphatic carbocycles. The SMILES string of the molecule is Cc1cc(Nc2cccc(C(=O)[O-])c2)nc(SCc2ccccc2)n1. The second-order valence-corrected chi connectivity index (χ2v) is 6.39. The number of nitrogens with zero attached hydrogens (tertiary/aromatic N) is 2. The number of carbonyl (C=O) groups is 1. The first kappa shape index (κ1) is 17.0. The molecule has 1 aromatic heterocycles. The van der Waals surface area contributed by atoms with E-state index in [0.717, 1.165) is 11.4 Å². The number of carboxylic acid groups (broad SMARTS) is 1. The monoisotopic (exact) mass is 350 g/mol. The summed E-state index contributed by atoms with van der Waals surface area (Å²) < 4.78 is 0. The summed E-state index contributed by atoms with van der Waals surface area (Å²) >= 11 is 1.55. The van der Waals surface area contributed by atoms with Crippen LogP contribution in [0.25, 0.3) is 0 Å². The molecule has 126 valence electrons. The van der Waals surface area contributed by atoms with Gasteiger partial charge in [0, 0.05) is 23.2 Å². The van der Waals surface area contributed by atoms with E-state index < -0.39 is 5.97 Å². The average Bonchev–Trinajstić information content (AvgIpc) is 2.60. The fourth-order valence-electron chi connectivity index (χ4n) is 2.26. The van der Waals surface area contributed by atoms with Gasteiger partial charge in [0.15, 0.2) is 5.16 Å². The van der Waals surface area contributed by atoms with Crippen LogP contribution >= 0.6 is 11.8 Å². The van der Waals surface area contributed by atoms with Gasteiger partial charge >= 0.3 is 0 Å². The van der Waals surface area contributed by atoms with Crippen LogP contribution in [0, 0.1) is 6.92 Å². The summed E-state index contributed by atoms with van der Waals surface area (Å²) in [5.41, 5.74) is 2.80. The standard InChI is InChI=1S/C19H17N3O2S/c1-13-10-17(21-16-9-5-8-15(11-16)18(23)24)22-19(20-13)25-12-14-6-3-2-4-7-14/h2-11H,12H2,1H3,(H,23,24)(H,20,21,22)/p-1. The molecule has 0 aliphatic rings. The van der Waals surface area contributed by atoms with Crippen LogP contribution in [0.3, 0.4) is 0 Å². The van der Waals surface area contributed by atoms with Crippen LogP contribution in [-0.2, 0) is 5.75 Å². The van der Waals surface area contributed by atoms with Crippen molar-refractivity contribution < 1.29 is 9.90 Å². The summed E-state index contributed by atoms with van der Waals surface area (Å²) in [7, 11) is 0. The normalized spacial score (nSPS) is 10.4. The zero-order valence-electron chi connectivity index (χ0n) is 13.6. The minimum Gasteiger partial charge on any atom is -0.545 e. The molecule has 1 N–H and O–H groups in total. The molecule has 0 amide bonds. The van der Waals surface area contributed by atoms with E-state index in [0.29, 0.717) is 16.7 Å². The van der Waals surface area contributed by atoms with Crippen LogP contribution in [-0.4, -0.2) is 15.9 Å². The lowest BCUT2D eigenvalue weighted by atomic mass is 10.2. The van der Waals surface area contributed by atoms with E-state index in [-0.39, 0.29) is 5.56 Å². The number of benzene rings is 2. The maximum atomic E-state index is 11.0. The summed E-state index contributed by atoms with van der Waals surface area (Å²) in [5.74, 6) is 0.198. The van der Waals surface area contributed by atoms with E-state index >= 15 is 0 Å². The van der Waals surface area contributed by atoms with Crippen molar-refractivity contribution >= 4 is 29.2 Å². The highest BCUT2D eigenvalue weighted by molar-refractivity contribution is 7.98. The van der Waals surface area contributed by atoms with Crippen molar-refractivity contribution in [2.75, 3.05) is 5.32 Å². The van der Waals surface area contributed by atoms with Crippen molar-refractivity contribution in [1.29, 1.82) is 0 Å². The van der Waals surface area contributed by atoms with E-state index in [1.807, 2.05) is 31.2 Å². The minimum atomic E-state index is -1.21. The molecule has 3 rings (SSSR count). The number of nitrogens with one attached hydrogen (secondary N) is 1. The van der Waals surface area contributed by atoms with Gasteiger partial charge in [0.1, 0.15) is 5.82 Å². The maximum Gasteiger partial charge on any atom is 0.190 e. The second-order valence-electron chi connectivity index (χ2n) is 5.44. The van der Waals surface area contributed by atoms with Crippen LogP contribution in [0.4, 0.5) is 11.5 Å². The molecule has 0 aliphatic heterocycles. The molecule has 2 aromatic carbocycles. The molecule has 0 fully saturated rings. The van der Waals surface area contributed by atoms with E-state index in [1.54, 1.807) is 23.9 Å². The van der Waals surface area contributed by atoms with Gasteiger partial charge in [0.2, 0.25) is 0 Å². The van der Waals surface area contributed by atoms with Crippen LogP contribution in [0.2, 0.25) is 0 Å². The number of anilines is 2. The van der Waals surface area contributed by atoms with Crippen molar-refractivity contribution in [3.05, 3.63) is 77.5 Å². The van der Waals surface area contributed by atoms with Gasteiger partial charge in [-0.1, -0.05) is 54.2 Å². The van der Waals surface area contributed by atoms with Gasteiger partial charge in [-0.25, -0.2) is 9.97 Å². The van der Waals surface area contributed by atoms with Crippen molar-refractivity contribution in [3.8, 4) is 0 Å². The minimum absolute atomic E-state index is 0.120. The van der Waals surface area contributed by atoms with Crippen LogP contribution in [0.15, 0.2) is 65.8 Å². The van der Waals surface area contributed by atoms with Gasteiger partial charge in [-0.2, -0.15) is 0 Å². The Bertz CT molecular complexity index is 885. The molecule has 1 heterocycles. The van der Waals surface area contributed by atoms with Crippen LogP contribution in [0.1, 0.15) is 21.6 Å². The van der Waals surface area contributed by atoms with Crippen LogP contribution in [0.5, 0.6) is 0 Å². The number of carbonyl (C=O) groups excluding carboxylic acids is 1. The lowest BCUT2D eigenvalue weighted by Crippen LogP contribution is -2.22. The lowest BCUT2D eigenvalue weighted by molar-refractivity contribution is -0.255. The highest BCUT2D eigenvalue weighted by Crippen LogP contribution is 2.23. The zero-order chi connectivity index (χ0) is 17.6. The summed E-state index contributed by atoms with van der Waals surface area (Å²) in [6.07, 6.45) is 0. The Hall–Kier alpha value is -2.86. The number of aryl methyl sites for hydroxylation is 1. The lowest BCUT2D eigenvalue weighted by Gasteiger charge is -2.10. The summed E-state index contributed by atoms with van der Waals surface area (Å²) in [4.78, 5) is 19.9. The fourth-order valence-corrected chi connectivity index (χ4v) is 3.12. The third-order valence-electron chi connectivity index (χ3n) is 3.42. The molecular weight excluding hydrogens is 334 g/mol. The Balaban J connectivity index is 1.75. The molecule has 5 nitrogen and oxygen atoms in total. The molecule has 0 spiro atoms. The van der Waals surface area contributed by atoms with Crippen molar-refractivity contribution in [2.45, 2.75) is 17.8 Å². The first-order valence-corrected chi connectivity index (χ1v) is 8.69. The molecule has 0 saturated carbocycles. The smallest absolute Gasteiger partial charge is 0.190 e. The van der Waals surface area contributed by atoms with E-state index in [2.05, 4.69) is 27.4 Å². The number of hydrogen-bond acceptors (Lipinski definition) is 6. The van der Waals surface area contributed by atoms with Gasteiger partial charge in [0.05, 0.1) is 5.97 Å². The predicted molar refractivity (Wildman–Crippen MR) is 96.8 cm³/mol. The first-order valence-electron chi connectivity index (χ1n) is 7.71. The molecule has 0 bridgehead atoms. The summed E-state index contributed by atoms with van der Waals surface area (Å²) in [5, 5.41) is 14.8. The number of aromatic nitrogens is 2. The largest absolute Gasteiger partial charge is 0.545 e. The molecule has 3 aromatic rings. The Kier molecular flexibility index (Phi) is 5.30. The van der Waals surface area contributed by atoms with Gasteiger partial charge in [-0.3, -0.25) is 0 Å². The van der Waals surface area contributed by atoms with E-state index in [1.165, 1.54) is 17.7 Å². The fraction of sp³-hybridized carbons (Fsp3) is 0.105. The third-order valence-corrected chi connectivity index (χ3v) is 4.33. The molecule has 0 atom stereocenters. The summed E-state index contributed by atoms with van der Waals surface area (Å²) in [6.45, 7) is 1.90. The predicted octanol–water partition coefficient (Wildman–Crippen LogP) is 3.18. The highest BCUT2D eigenvalue weighted by atomic mass is 32.2. The van der Waals surface area contributed by atoms with E-state index in [4.69, 9.17) is 0 Å². The second kappa shape index (κ2) is 7.81. The molecule has 0 radical (unpaired) electrons. The summed E-state index contributed by atoms with van der Waals surface area (Å²) in [6, 6.07) is 18.4. The molecule has 0 unspecified atom stereocenters. The Morgan fingerprint density at radius 3 is 2.64 bits per heavy atom. The topological polar surface area (TPSA) is 77.9 Å². The Labute approximate surface area is 150 Å². The van der Waals surface area contributed by atoms with Gasteiger partial charge in [-0.15, -0.1) is 0 Å². The molecule has 0 saturated heterocycles. The van der Waals surface area contributed by atoms with Gasteiger partial charge in [-0.05, 0) is 30.2 Å². The molecule has 6 heteroatoms.